The van der Waals surface area contributed by atoms with Crippen molar-refractivity contribution in [3.8, 4) is 0 Å². The maximum Gasteiger partial charge on any atom is 0.222 e. The highest BCUT2D eigenvalue weighted by Gasteiger charge is 2.40. The molecule has 0 radical (unpaired) electrons. The van der Waals surface area contributed by atoms with E-state index >= 15 is 0 Å². The average molecular weight is 311 g/mol. The number of hydrogen-bond acceptors (Lipinski definition) is 3. The second kappa shape index (κ2) is 7.68. The SMILES string of the molecule is C=CCN1CC2(CCC1=O)CCN(CC[C@H](C)SC)CC2. The van der Waals surface area contributed by atoms with Crippen LogP contribution in [0.5, 0.6) is 0 Å². The Morgan fingerprint density at radius 2 is 2.10 bits per heavy atom. The van der Waals surface area contributed by atoms with Crippen molar-refractivity contribution in [1.29, 1.82) is 0 Å². The van der Waals surface area contributed by atoms with Gasteiger partial charge in [-0.15, -0.1) is 6.58 Å². The lowest BCUT2D eigenvalue weighted by Gasteiger charge is -2.47. The number of piperidine rings is 2. The molecule has 0 aromatic carbocycles. The highest BCUT2D eigenvalue weighted by atomic mass is 32.2. The van der Waals surface area contributed by atoms with E-state index in [4.69, 9.17) is 0 Å². The van der Waals surface area contributed by atoms with Crippen LogP contribution in [0.15, 0.2) is 12.7 Å². The Morgan fingerprint density at radius 1 is 1.38 bits per heavy atom. The molecule has 3 nitrogen and oxygen atoms in total. The third-order valence-corrected chi connectivity index (χ3v) is 6.31. The smallest absolute Gasteiger partial charge is 0.222 e. The Labute approximate surface area is 134 Å². The minimum Gasteiger partial charge on any atom is -0.338 e. The molecular weight excluding hydrogens is 280 g/mol. The van der Waals surface area contributed by atoms with Gasteiger partial charge in [0.1, 0.15) is 0 Å². The van der Waals surface area contributed by atoms with Gasteiger partial charge >= 0.3 is 0 Å². The molecule has 0 aromatic heterocycles. The van der Waals surface area contributed by atoms with Gasteiger partial charge in [0.15, 0.2) is 0 Å². The summed E-state index contributed by atoms with van der Waals surface area (Å²) in [6.45, 7) is 11.4. The molecule has 0 saturated carbocycles. The van der Waals surface area contributed by atoms with E-state index in [1.54, 1.807) is 0 Å². The van der Waals surface area contributed by atoms with E-state index in [9.17, 15) is 4.79 Å². The van der Waals surface area contributed by atoms with Gasteiger partial charge in [-0.1, -0.05) is 13.0 Å². The van der Waals surface area contributed by atoms with Gasteiger partial charge in [0, 0.05) is 24.8 Å². The normalized spacial score (nSPS) is 24.3. The van der Waals surface area contributed by atoms with E-state index < -0.39 is 0 Å². The largest absolute Gasteiger partial charge is 0.338 e. The molecule has 21 heavy (non-hydrogen) atoms. The topological polar surface area (TPSA) is 23.6 Å². The van der Waals surface area contributed by atoms with Gasteiger partial charge in [-0.25, -0.2) is 0 Å². The number of likely N-dealkylation sites (tertiary alicyclic amines) is 2. The maximum absolute atomic E-state index is 12.0. The number of thioether (sulfide) groups is 1. The Morgan fingerprint density at radius 3 is 2.71 bits per heavy atom. The summed E-state index contributed by atoms with van der Waals surface area (Å²) < 4.78 is 0. The van der Waals surface area contributed by atoms with Crippen LogP contribution in [0.1, 0.15) is 39.0 Å². The van der Waals surface area contributed by atoms with Crippen molar-refractivity contribution in [2.75, 3.05) is 39.0 Å². The van der Waals surface area contributed by atoms with Gasteiger partial charge < -0.3 is 9.80 Å². The Balaban J connectivity index is 1.82. The van der Waals surface area contributed by atoms with E-state index in [1.165, 1.54) is 38.9 Å². The van der Waals surface area contributed by atoms with Crippen LogP contribution in [0.3, 0.4) is 0 Å². The van der Waals surface area contributed by atoms with Gasteiger partial charge in [0.05, 0.1) is 0 Å². The van der Waals surface area contributed by atoms with Crippen molar-refractivity contribution in [3.05, 3.63) is 12.7 Å². The zero-order chi connectivity index (χ0) is 15.3. The molecule has 2 rings (SSSR count). The first-order valence-electron chi connectivity index (χ1n) is 8.22. The van der Waals surface area contributed by atoms with E-state index in [0.29, 0.717) is 11.3 Å². The first-order valence-corrected chi connectivity index (χ1v) is 9.51. The Bertz CT molecular complexity index is 364. The third-order valence-electron chi connectivity index (χ3n) is 5.27. The van der Waals surface area contributed by atoms with Crippen molar-refractivity contribution >= 4 is 17.7 Å². The highest BCUT2D eigenvalue weighted by Crippen LogP contribution is 2.40. The summed E-state index contributed by atoms with van der Waals surface area (Å²) >= 11 is 1.96. The average Bonchev–Trinajstić information content (AvgIpc) is 2.50. The summed E-state index contributed by atoms with van der Waals surface area (Å²) in [5.41, 5.74) is 0.387. The van der Waals surface area contributed by atoms with Crippen LogP contribution in [-0.4, -0.2) is 59.9 Å². The standard InChI is InChI=1S/C17H30N2OS/c1-4-10-19-14-17(7-5-16(19)20)8-12-18(13-9-17)11-6-15(2)21-3/h4,15H,1,5-14H2,2-3H3/t15-/m0/s1. The first-order chi connectivity index (χ1) is 10.1. The number of nitrogens with zero attached hydrogens (tertiary/aromatic N) is 2. The molecule has 1 amide bonds. The molecule has 1 atom stereocenters. The predicted molar refractivity (Wildman–Crippen MR) is 91.7 cm³/mol. The summed E-state index contributed by atoms with van der Waals surface area (Å²) in [6.07, 6.45) is 9.67. The molecule has 2 heterocycles. The molecule has 0 bridgehead atoms. The summed E-state index contributed by atoms with van der Waals surface area (Å²) in [7, 11) is 0. The van der Waals surface area contributed by atoms with E-state index in [-0.39, 0.29) is 0 Å². The first kappa shape index (κ1) is 16.9. The minimum absolute atomic E-state index is 0.316. The molecule has 0 N–H and O–H groups in total. The van der Waals surface area contributed by atoms with Crippen LogP contribution in [0, 0.1) is 5.41 Å². The van der Waals surface area contributed by atoms with Gasteiger partial charge in [-0.05, 0) is 57.0 Å². The monoisotopic (exact) mass is 310 g/mol. The second-order valence-electron chi connectivity index (χ2n) is 6.74. The molecular formula is C17H30N2OS. The van der Waals surface area contributed by atoms with Crippen molar-refractivity contribution in [2.24, 2.45) is 5.41 Å². The molecule has 120 valence electrons. The van der Waals surface area contributed by atoms with Crippen LogP contribution in [0.4, 0.5) is 0 Å². The molecule has 0 aromatic rings. The molecule has 4 heteroatoms. The summed E-state index contributed by atoms with van der Waals surface area (Å²) in [5.74, 6) is 0.316. The third kappa shape index (κ3) is 4.49. The fourth-order valence-electron chi connectivity index (χ4n) is 3.57. The lowest BCUT2D eigenvalue weighted by Crippen LogP contribution is -2.51. The second-order valence-corrected chi connectivity index (χ2v) is 8.02. The van der Waals surface area contributed by atoms with Crippen LogP contribution in [0.2, 0.25) is 0 Å². The summed E-state index contributed by atoms with van der Waals surface area (Å²) in [4.78, 5) is 16.6. The number of hydrogen-bond donors (Lipinski definition) is 0. The van der Waals surface area contributed by atoms with Gasteiger partial charge in [0.25, 0.3) is 0 Å². The Kier molecular flexibility index (Phi) is 6.18. The molecule has 2 fully saturated rings. The number of carbonyl (C=O) groups excluding carboxylic acids is 1. The van der Waals surface area contributed by atoms with Crippen molar-refractivity contribution in [3.63, 3.8) is 0 Å². The minimum atomic E-state index is 0.316. The van der Waals surface area contributed by atoms with Crippen LogP contribution in [0.25, 0.3) is 0 Å². The van der Waals surface area contributed by atoms with E-state index in [1.807, 2.05) is 22.7 Å². The van der Waals surface area contributed by atoms with Gasteiger partial charge in [-0.2, -0.15) is 11.8 Å². The highest BCUT2D eigenvalue weighted by molar-refractivity contribution is 7.99. The zero-order valence-corrected chi connectivity index (χ0v) is 14.5. The maximum atomic E-state index is 12.0. The molecule has 2 saturated heterocycles. The number of carbonyl (C=O) groups is 1. The van der Waals surface area contributed by atoms with Crippen LogP contribution < -0.4 is 0 Å². The van der Waals surface area contributed by atoms with Crippen LogP contribution >= 0.6 is 11.8 Å². The quantitative estimate of drug-likeness (QED) is 0.705. The molecule has 0 aliphatic carbocycles. The predicted octanol–water partition coefficient (Wildman–Crippen LogP) is 3.02. The van der Waals surface area contributed by atoms with E-state index in [0.717, 1.165) is 31.2 Å². The molecule has 2 aliphatic heterocycles. The molecule has 0 unspecified atom stereocenters. The van der Waals surface area contributed by atoms with E-state index in [2.05, 4.69) is 24.7 Å². The van der Waals surface area contributed by atoms with Crippen molar-refractivity contribution in [1.82, 2.24) is 9.80 Å². The summed E-state index contributed by atoms with van der Waals surface area (Å²) in [5, 5.41) is 0.760. The van der Waals surface area contributed by atoms with Gasteiger partial charge in [-0.3, -0.25) is 4.79 Å². The Hall–Kier alpha value is -0.480. The lowest BCUT2D eigenvalue weighted by atomic mass is 9.72. The summed E-state index contributed by atoms with van der Waals surface area (Å²) in [6, 6.07) is 0. The van der Waals surface area contributed by atoms with Gasteiger partial charge in [0.2, 0.25) is 5.91 Å². The molecule has 2 aliphatic rings. The number of amides is 1. The number of rotatable bonds is 6. The fraction of sp³-hybridized carbons (Fsp3) is 0.824. The molecule has 1 spiro atoms. The lowest BCUT2D eigenvalue weighted by molar-refractivity contribution is -0.138. The van der Waals surface area contributed by atoms with Crippen molar-refractivity contribution < 1.29 is 4.79 Å². The zero-order valence-electron chi connectivity index (χ0n) is 13.6. The fourth-order valence-corrected chi connectivity index (χ4v) is 3.91. The van der Waals surface area contributed by atoms with Crippen molar-refractivity contribution in [2.45, 2.75) is 44.3 Å². The van der Waals surface area contributed by atoms with Crippen LogP contribution in [-0.2, 0) is 4.79 Å².